The van der Waals surface area contributed by atoms with Crippen molar-refractivity contribution < 1.29 is 5.11 Å². The summed E-state index contributed by atoms with van der Waals surface area (Å²) in [5, 5.41) is 13.1. The first-order valence-electron chi connectivity index (χ1n) is 4.34. The Bertz CT molecular complexity index is 266. The molecule has 0 saturated heterocycles. The van der Waals surface area contributed by atoms with E-state index in [1.165, 1.54) is 11.3 Å². The van der Waals surface area contributed by atoms with Gasteiger partial charge in [0.25, 0.3) is 0 Å². The standard InChI is InChI=1S/C9H16N2O/c1-4-9-7(2)8(3)10-11(9)5-6-12/h12H,4-6H2,1-3H3. The van der Waals surface area contributed by atoms with Crippen molar-refractivity contribution in [1.29, 1.82) is 0 Å². The van der Waals surface area contributed by atoms with Gasteiger partial charge in [-0.1, -0.05) is 6.92 Å². The van der Waals surface area contributed by atoms with Crippen LogP contribution in [0.4, 0.5) is 0 Å². The lowest BCUT2D eigenvalue weighted by Gasteiger charge is -2.03. The number of aryl methyl sites for hydroxylation is 1. The van der Waals surface area contributed by atoms with Crippen molar-refractivity contribution in [2.75, 3.05) is 6.61 Å². The van der Waals surface area contributed by atoms with Crippen LogP contribution >= 0.6 is 0 Å². The molecular formula is C9H16N2O. The topological polar surface area (TPSA) is 38.0 Å². The Morgan fingerprint density at radius 2 is 2.08 bits per heavy atom. The van der Waals surface area contributed by atoms with Crippen LogP contribution < -0.4 is 0 Å². The normalized spacial score (nSPS) is 10.7. The van der Waals surface area contributed by atoms with E-state index in [9.17, 15) is 0 Å². The molecule has 3 nitrogen and oxygen atoms in total. The van der Waals surface area contributed by atoms with Gasteiger partial charge in [0.15, 0.2) is 0 Å². The quantitative estimate of drug-likeness (QED) is 0.732. The van der Waals surface area contributed by atoms with Crippen molar-refractivity contribution in [3.05, 3.63) is 17.0 Å². The van der Waals surface area contributed by atoms with Gasteiger partial charge in [-0.15, -0.1) is 0 Å². The lowest BCUT2D eigenvalue weighted by molar-refractivity contribution is 0.267. The third-order valence-electron chi connectivity index (χ3n) is 2.20. The fourth-order valence-corrected chi connectivity index (χ4v) is 1.45. The molecule has 1 aromatic rings. The summed E-state index contributed by atoms with van der Waals surface area (Å²) in [7, 11) is 0. The van der Waals surface area contributed by atoms with E-state index in [1.807, 2.05) is 11.6 Å². The SMILES string of the molecule is CCc1c(C)c(C)nn1CCO. The molecule has 0 bridgehead atoms. The number of hydrogen-bond donors (Lipinski definition) is 1. The predicted molar refractivity (Wildman–Crippen MR) is 48.2 cm³/mol. The second-order valence-corrected chi connectivity index (χ2v) is 2.96. The summed E-state index contributed by atoms with van der Waals surface area (Å²) in [5.41, 5.74) is 3.56. The fraction of sp³-hybridized carbons (Fsp3) is 0.667. The van der Waals surface area contributed by atoms with Gasteiger partial charge in [-0.25, -0.2) is 0 Å². The van der Waals surface area contributed by atoms with Crippen LogP contribution in [0.15, 0.2) is 0 Å². The van der Waals surface area contributed by atoms with Crippen LogP contribution in [0.1, 0.15) is 23.9 Å². The summed E-state index contributed by atoms with van der Waals surface area (Å²) in [6.45, 7) is 6.96. The van der Waals surface area contributed by atoms with Crippen LogP contribution in [-0.4, -0.2) is 21.5 Å². The van der Waals surface area contributed by atoms with E-state index in [-0.39, 0.29) is 6.61 Å². The summed E-state index contributed by atoms with van der Waals surface area (Å²) in [6, 6.07) is 0. The molecule has 0 aliphatic carbocycles. The van der Waals surface area contributed by atoms with Gasteiger partial charge in [-0.05, 0) is 25.8 Å². The zero-order valence-corrected chi connectivity index (χ0v) is 7.96. The van der Waals surface area contributed by atoms with E-state index in [1.54, 1.807) is 0 Å². The van der Waals surface area contributed by atoms with Crippen molar-refractivity contribution >= 4 is 0 Å². The number of aliphatic hydroxyl groups is 1. The van der Waals surface area contributed by atoms with Gasteiger partial charge in [-0.2, -0.15) is 5.10 Å². The van der Waals surface area contributed by atoms with Crippen molar-refractivity contribution in [2.24, 2.45) is 0 Å². The maximum atomic E-state index is 8.78. The number of nitrogens with zero attached hydrogens (tertiary/aromatic N) is 2. The minimum atomic E-state index is 0.160. The highest BCUT2D eigenvalue weighted by Gasteiger charge is 2.08. The molecule has 1 heterocycles. The Labute approximate surface area is 73.0 Å². The third kappa shape index (κ3) is 1.50. The van der Waals surface area contributed by atoms with Crippen LogP contribution in [0.5, 0.6) is 0 Å². The molecule has 0 aliphatic heterocycles. The second-order valence-electron chi connectivity index (χ2n) is 2.96. The van der Waals surface area contributed by atoms with Gasteiger partial charge in [-0.3, -0.25) is 4.68 Å². The molecule has 0 fully saturated rings. The molecule has 12 heavy (non-hydrogen) atoms. The van der Waals surface area contributed by atoms with Gasteiger partial charge in [0, 0.05) is 5.69 Å². The monoisotopic (exact) mass is 168 g/mol. The lowest BCUT2D eigenvalue weighted by Crippen LogP contribution is -2.07. The second kappa shape index (κ2) is 3.72. The predicted octanol–water partition coefficient (Wildman–Crippen LogP) is 1.05. The first-order valence-corrected chi connectivity index (χ1v) is 4.34. The molecule has 1 aromatic heterocycles. The van der Waals surface area contributed by atoms with E-state index in [4.69, 9.17) is 5.11 Å². The molecule has 0 aromatic carbocycles. The molecule has 0 saturated carbocycles. The van der Waals surface area contributed by atoms with Crippen LogP contribution in [0, 0.1) is 13.8 Å². The zero-order chi connectivity index (χ0) is 9.14. The Balaban J connectivity index is 3.02. The van der Waals surface area contributed by atoms with Crippen LogP contribution in [0.2, 0.25) is 0 Å². The summed E-state index contributed by atoms with van der Waals surface area (Å²) in [6.07, 6.45) is 0.979. The summed E-state index contributed by atoms with van der Waals surface area (Å²) < 4.78 is 1.89. The van der Waals surface area contributed by atoms with Crippen LogP contribution in [0.25, 0.3) is 0 Å². The maximum Gasteiger partial charge on any atom is 0.0644 e. The van der Waals surface area contributed by atoms with Crippen molar-refractivity contribution in [2.45, 2.75) is 33.7 Å². The molecule has 1 rings (SSSR count). The number of rotatable bonds is 3. The first-order chi connectivity index (χ1) is 5.70. The van der Waals surface area contributed by atoms with Gasteiger partial charge >= 0.3 is 0 Å². The summed E-state index contributed by atoms with van der Waals surface area (Å²) in [4.78, 5) is 0. The molecule has 68 valence electrons. The van der Waals surface area contributed by atoms with Crippen molar-refractivity contribution in [1.82, 2.24) is 9.78 Å². The van der Waals surface area contributed by atoms with Gasteiger partial charge in [0.05, 0.1) is 18.8 Å². The average Bonchev–Trinajstić information content (AvgIpc) is 2.29. The Hall–Kier alpha value is -0.830. The zero-order valence-electron chi connectivity index (χ0n) is 7.96. The molecular weight excluding hydrogens is 152 g/mol. The Morgan fingerprint density at radius 1 is 1.42 bits per heavy atom. The highest BCUT2D eigenvalue weighted by atomic mass is 16.3. The molecule has 0 radical (unpaired) electrons. The van der Waals surface area contributed by atoms with Crippen molar-refractivity contribution in [3.8, 4) is 0 Å². The average molecular weight is 168 g/mol. The van der Waals surface area contributed by atoms with E-state index >= 15 is 0 Å². The van der Waals surface area contributed by atoms with E-state index in [2.05, 4.69) is 18.9 Å². The largest absolute Gasteiger partial charge is 0.394 e. The van der Waals surface area contributed by atoms with Crippen LogP contribution in [0.3, 0.4) is 0 Å². The Kier molecular flexibility index (Phi) is 2.87. The van der Waals surface area contributed by atoms with E-state index in [0.29, 0.717) is 6.54 Å². The molecule has 0 unspecified atom stereocenters. The van der Waals surface area contributed by atoms with E-state index < -0.39 is 0 Å². The molecule has 0 aliphatic rings. The van der Waals surface area contributed by atoms with E-state index in [0.717, 1.165) is 12.1 Å². The minimum Gasteiger partial charge on any atom is -0.394 e. The molecule has 0 amide bonds. The molecule has 3 heteroatoms. The summed E-state index contributed by atoms with van der Waals surface area (Å²) >= 11 is 0. The maximum absolute atomic E-state index is 8.78. The first kappa shape index (κ1) is 9.26. The van der Waals surface area contributed by atoms with Crippen molar-refractivity contribution in [3.63, 3.8) is 0 Å². The lowest BCUT2D eigenvalue weighted by atomic mass is 10.2. The summed E-state index contributed by atoms with van der Waals surface area (Å²) in [5.74, 6) is 0. The van der Waals surface area contributed by atoms with Gasteiger partial charge < -0.3 is 5.11 Å². The van der Waals surface area contributed by atoms with Gasteiger partial charge in [0.1, 0.15) is 0 Å². The third-order valence-corrected chi connectivity index (χ3v) is 2.20. The number of aliphatic hydroxyl groups excluding tert-OH is 1. The highest BCUT2D eigenvalue weighted by molar-refractivity contribution is 5.23. The molecule has 0 atom stereocenters. The smallest absolute Gasteiger partial charge is 0.0644 e. The van der Waals surface area contributed by atoms with Crippen LogP contribution in [-0.2, 0) is 13.0 Å². The number of hydrogen-bond acceptors (Lipinski definition) is 2. The Morgan fingerprint density at radius 3 is 2.58 bits per heavy atom. The minimum absolute atomic E-state index is 0.160. The number of aromatic nitrogens is 2. The highest BCUT2D eigenvalue weighted by Crippen LogP contribution is 2.12. The molecule has 0 spiro atoms. The fourth-order valence-electron chi connectivity index (χ4n) is 1.45. The van der Waals surface area contributed by atoms with Gasteiger partial charge in [0.2, 0.25) is 0 Å². The molecule has 1 N–H and O–H groups in total.